The quantitative estimate of drug-likeness (QED) is 0.369. The number of carbonyl (C=O) groups excluding carboxylic acids is 3. The lowest BCUT2D eigenvalue weighted by Crippen LogP contribution is -2.42. The van der Waals surface area contributed by atoms with Gasteiger partial charge in [0.15, 0.2) is 10.8 Å². The lowest BCUT2D eigenvalue weighted by Gasteiger charge is -2.25. The number of carbonyl (C=O) groups is 3. The number of nitrogens with two attached hydrogens (primary N) is 1. The van der Waals surface area contributed by atoms with Gasteiger partial charge in [-0.2, -0.15) is 0 Å². The highest BCUT2D eigenvalue weighted by molar-refractivity contribution is 7.13. The summed E-state index contributed by atoms with van der Waals surface area (Å²) in [5, 5.41) is 5.03. The highest BCUT2D eigenvalue weighted by Gasteiger charge is 2.33. The summed E-state index contributed by atoms with van der Waals surface area (Å²) < 4.78 is 41.7. The molecule has 0 bridgehead atoms. The van der Waals surface area contributed by atoms with Crippen LogP contribution in [0.5, 0.6) is 5.75 Å². The van der Waals surface area contributed by atoms with Crippen LogP contribution in [0.3, 0.4) is 0 Å². The van der Waals surface area contributed by atoms with Crippen LogP contribution < -0.4 is 21.1 Å². The molecule has 4 N–H and O–H groups in total. The fourth-order valence-corrected chi connectivity index (χ4v) is 4.37. The number of thiazole rings is 1. The molecule has 0 spiro atoms. The summed E-state index contributed by atoms with van der Waals surface area (Å²) in [6, 6.07) is 11.7. The number of hydrogen-bond donors (Lipinski definition) is 3. The number of nitrogens with zero attached hydrogens (tertiary/aromatic N) is 2. The number of nitrogen functional groups attached to an aromatic ring is 1. The number of hydrogen-bond acceptors (Lipinski definition) is 7. The van der Waals surface area contributed by atoms with Crippen molar-refractivity contribution in [1.82, 2.24) is 9.88 Å². The zero-order valence-electron chi connectivity index (χ0n) is 17.9. The van der Waals surface area contributed by atoms with E-state index in [2.05, 4.69) is 20.4 Å². The number of anilines is 3. The molecule has 0 saturated carbocycles. The van der Waals surface area contributed by atoms with Gasteiger partial charge in [-0.05, 0) is 24.3 Å². The number of para-hydroxylation sites is 4. The van der Waals surface area contributed by atoms with Crippen LogP contribution in [0.1, 0.15) is 20.4 Å². The van der Waals surface area contributed by atoms with Gasteiger partial charge in [0.25, 0.3) is 5.91 Å². The van der Waals surface area contributed by atoms with Gasteiger partial charge in [0.1, 0.15) is 0 Å². The molecule has 9 nitrogen and oxygen atoms in total. The van der Waals surface area contributed by atoms with Crippen LogP contribution in [0.4, 0.5) is 30.2 Å². The maximum Gasteiger partial charge on any atom is 0.573 e. The number of amides is 3. The van der Waals surface area contributed by atoms with Crippen molar-refractivity contribution >= 4 is 46.1 Å². The Kier molecular flexibility index (Phi) is 6.60. The monoisotopic (exact) mass is 505 g/mol. The molecule has 0 radical (unpaired) electrons. The van der Waals surface area contributed by atoms with Gasteiger partial charge in [-0.25, -0.2) is 4.98 Å². The maximum absolute atomic E-state index is 12.7. The molecule has 1 aromatic heterocycles. The number of halogens is 3. The Bertz CT molecular complexity index is 1290. The highest BCUT2D eigenvalue weighted by Crippen LogP contribution is 2.30. The van der Waals surface area contributed by atoms with Gasteiger partial charge in [-0.1, -0.05) is 24.3 Å². The lowest BCUT2D eigenvalue weighted by atomic mass is 10.1. The van der Waals surface area contributed by atoms with E-state index in [0.717, 1.165) is 17.4 Å². The Labute approximate surface area is 200 Å². The van der Waals surface area contributed by atoms with Crippen molar-refractivity contribution in [2.45, 2.75) is 19.3 Å². The SMILES string of the molecule is Nc1ccccc1NC(=O)c1nc2c(s1)CN(C(=O)C(=O)Nc1ccccc1OC(F)(F)F)CC2. The van der Waals surface area contributed by atoms with Crippen LogP contribution in [-0.4, -0.2) is 40.5 Å². The van der Waals surface area contributed by atoms with Gasteiger partial charge in [0, 0.05) is 17.8 Å². The van der Waals surface area contributed by atoms with E-state index in [1.807, 2.05) is 0 Å². The van der Waals surface area contributed by atoms with E-state index >= 15 is 0 Å². The summed E-state index contributed by atoms with van der Waals surface area (Å²) in [6.45, 7) is 0.178. The largest absolute Gasteiger partial charge is 0.573 e. The smallest absolute Gasteiger partial charge is 0.404 e. The van der Waals surface area contributed by atoms with Gasteiger partial charge in [0.2, 0.25) is 0 Å². The summed E-state index contributed by atoms with van der Waals surface area (Å²) in [5.41, 5.74) is 7.02. The average Bonchev–Trinajstić information content (AvgIpc) is 3.24. The third kappa shape index (κ3) is 5.69. The van der Waals surface area contributed by atoms with E-state index in [4.69, 9.17) is 5.73 Å². The Morgan fingerprint density at radius 1 is 1.03 bits per heavy atom. The average molecular weight is 505 g/mol. The molecule has 0 saturated heterocycles. The van der Waals surface area contributed by atoms with Crippen molar-refractivity contribution in [2.24, 2.45) is 0 Å². The van der Waals surface area contributed by atoms with Gasteiger partial charge in [-0.3, -0.25) is 14.4 Å². The van der Waals surface area contributed by atoms with Gasteiger partial charge in [-0.15, -0.1) is 24.5 Å². The molecule has 182 valence electrons. The summed E-state index contributed by atoms with van der Waals surface area (Å²) >= 11 is 1.08. The van der Waals surface area contributed by atoms with E-state index in [9.17, 15) is 27.6 Å². The molecule has 1 aliphatic heterocycles. The molecular formula is C22H18F3N5O4S. The van der Waals surface area contributed by atoms with Crippen LogP contribution in [0.2, 0.25) is 0 Å². The fourth-order valence-electron chi connectivity index (χ4n) is 3.36. The van der Waals surface area contributed by atoms with Crippen LogP contribution in [0.25, 0.3) is 0 Å². The highest BCUT2D eigenvalue weighted by atomic mass is 32.1. The third-order valence-electron chi connectivity index (χ3n) is 4.98. The second-order valence-electron chi connectivity index (χ2n) is 7.41. The molecule has 0 aliphatic carbocycles. The zero-order chi connectivity index (χ0) is 25.2. The number of nitrogens with one attached hydrogen (secondary N) is 2. The molecule has 3 amide bonds. The minimum Gasteiger partial charge on any atom is -0.404 e. The number of ether oxygens (including phenoxy) is 1. The molecule has 0 fully saturated rings. The number of benzene rings is 2. The second-order valence-corrected chi connectivity index (χ2v) is 8.49. The molecule has 13 heteroatoms. The number of fused-ring (bicyclic) bond motifs is 1. The van der Waals surface area contributed by atoms with Crippen molar-refractivity contribution in [3.63, 3.8) is 0 Å². The molecular weight excluding hydrogens is 487 g/mol. The van der Waals surface area contributed by atoms with Crippen molar-refractivity contribution in [1.29, 1.82) is 0 Å². The molecule has 4 rings (SSSR count). The first kappa shape index (κ1) is 24.0. The Morgan fingerprint density at radius 2 is 1.71 bits per heavy atom. The molecule has 2 aromatic carbocycles. The number of aromatic nitrogens is 1. The molecule has 1 aliphatic rings. The minimum absolute atomic E-state index is 0.0285. The third-order valence-corrected chi connectivity index (χ3v) is 6.06. The number of rotatable bonds is 4. The molecule has 0 unspecified atom stereocenters. The number of alkyl halides is 3. The van der Waals surface area contributed by atoms with Crippen molar-refractivity contribution in [3.05, 3.63) is 64.1 Å². The van der Waals surface area contributed by atoms with E-state index < -0.39 is 29.8 Å². The zero-order valence-corrected chi connectivity index (χ0v) is 18.7. The molecule has 3 aromatic rings. The maximum atomic E-state index is 12.7. The van der Waals surface area contributed by atoms with Crippen LogP contribution in [0, 0.1) is 0 Å². The summed E-state index contributed by atoms with van der Waals surface area (Å²) in [6.07, 6.45) is -4.66. The van der Waals surface area contributed by atoms with Crippen molar-refractivity contribution < 1.29 is 32.3 Å². The summed E-state index contributed by atoms with van der Waals surface area (Å²) in [4.78, 5) is 43.9. The van der Waals surface area contributed by atoms with Crippen LogP contribution in [-0.2, 0) is 22.6 Å². The van der Waals surface area contributed by atoms with Crippen LogP contribution in [0.15, 0.2) is 48.5 Å². The normalized spacial score (nSPS) is 13.1. The van der Waals surface area contributed by atoms with Crippen molar-refractivity contribution in [2.75, 3.05) is 22.9 Å². The second kappa shape index (κ2) is 9.62. The first-order chi connectivity index (χ1) is 16.6. The Morgan fingerprint density at radius 3 is 2.43 bits per heavy atom. The van der Waals surface area contributed by atoms with E-state index in [0.29, 0.717) is 28.4 Å². The van der Waals surface area contributed by atoms with E-state index in [1.54, 1.807) is 24.3 Å². The van der Waals surface area contributed by atoms with Gasteiger partial charge in [0.05, 0.1) is 29.3 Å². The fraction of sp³-hybridized carbons (Fsp3) is 0.182. The first-order valence-electron chi connectivity index (χ1n) is 10.2. The molecule has 35 heavy (non-hydrogen) atoms. The standard InChI is InChI=1S/C22H18F3N5O4S/c23-22(24,25)34-16-8-4-3-7-14(16)28-19(32)21(33)30-10-9-15-17(11-30)35-20(29-15)18(31)27-13-6-2-1-5-12(13)26/h1-8H,9-11,26H2,(H,27,31)(H,28,32). The van der Waals surface area contributed by atoms with Gasteiger partial charge >= 0.3 is 18.2 Å². The van der Waals surface area contributed by atoms with E-state index in [1.165, 1.54) is 23.1 Å². The Hall–Kier alpha value is -4.13. The van der Waals surface area contributed by atoms with Gasteiger partial charge < -0.3 is 26.0 Å². The topological polar surface area (TPSA) is 127 Å². The minimum atomic E-state index is -4.96. The first-order valence-corrected chi connectivity index (χ1v) is 11.0. The predicted octanol–water partition coefficient (Wildman–Crippen LogP) is 3.40. The lowest BCUT2D eigenvalue weighted by molar-refractivity contribution is -0.274. The summed E-state index contributed by atoms with van der Waals surface area (Å²) in [7, 11) is 0. The van der Waals surface area contributed by atoms with Crippen molar-refractivity contribution in [3.8, 4) is 5.75 Å². The Balaban J connectivity index is 1.42. The predicted molar refractivity (Wildman–Crippen MR) is 122 cm³/mol. The van der Waals surface area contributed by atoms with E-state index in [-0.39, 0.29) is 23.8 Å². The van der Waals surface area contributed by atoms with Crippen LogP contribution >= 0.6 is 11.3 Å². The summed E-state index contributed by atoms with van der Waals surface area (Å²) in [5.74, 6) is -3.15. The molecule has 0 atom stereocenters. The molecule has 2 heterocycles.